The van der Waals surface area contributed by atoms with E-state index in [0.29, 0.717) is 11.5 Å². The molecule has 0 amide bonds. The molecule has 0 saturated carbocycles. The Labute approximate surface area is 157 Å². The Morgan fingerprint density at radius 3 is 2.70 bits per heavy atom. The van der Waals surface area contributed by atoms with E-state index in [2.05, 4.69) is 0 Å². The maximum Gasteiger partial charge on any atom is 0.312 e. The lowest BCUT2D eigenvalue weighted by molar-refractivity contribution is -0.151. The lowest BCUT2D eigenvalue weighted by Crippen LogP contribution is -2.26. The SMILES string of the molecule is COC(=O)[C@H]1[C@@H](c2ccc3c(c2)OCO3)c2ccccc2[C@@H]1OCCC=O. The van der Waals surface area contributed by atoms with Crippen molar-refractivity contribution in [3.05, 3.63) is 59.2 Å². The van der Waals surface area contributed by atoms with E-state index in [-0.39, 0.29) is 31.7 Å². The van der Waals surface area contributed by atoms with Gasteiger partial charge in [0.2, 0.25) is 6.79 Å². The number of fused-ring (bicyclic) bond motifs is 2. The van der Waals surface area contributed by atoms with Crippen molar-refractivity contribution in [2.24, 2.45) is 5.92 Å². The van der Waals surface area contributed by atoms with Gasteiger partial charge in [0.05, 0.1) is 25.7 Å². The second-order valence-electron chi connectivity index (χ2n) is 6.51. The zero-order chi connectivity index (χ0) is 18.8. The van der Waals surface area contributed by atoms with Crippen LogP contribution in [-0.2, 0) is 19.1 Å². The number of hydrogen-bond acceptors (Lipinski definition) is 6. The predicted molar refractivity (Wildman–Crippen MR) is 95.7 cm³/mol. The van der Waals surface area contributed by atoms with Gasteiger partial charge in [0, 0.05) is 12.3 Å². The second-order valence-corrected chi connectivity index (χ2v) is 6.51. The third-order valence-electron chi connectivity index (χ3n) is 5.09. The summed E-state index contributed by atoms with van der Waals surface area (Å²) in [5.74, 6) is 0.242. The second kappa shape index (κ2) is 7.40. The van der Waals surface area contributed by atoms with Crippen LogP contribution in [0.4, 0.5) is 0 Å². The summed E-state index contributed by atoms with van der Waals surface area (Å²) in [7, 11) is 1.38. The van der Waals surface area contributed by atoms with Crippen LogP contribution in [0.25, 0.3) is 0 Å². The van der Waals surface area contributed by atoms with Gasteiger partial charge in [0.15, 0.2) is 11.5 Å². The zero-order valence-electron chi connectivity index (χ0n) is 14.9. The van der Waals surface area contributed by atoms with Gasteiger partial charge in [-0.3, -0.25) is 4.79 Å². The smallest absolute Gasteiger partial charge is 0.312 e. The molecule has 3 atom stereocenters. The number of rotatable bonds is 6. The maximum absolute atomic E-state index is 12.7. The van der Waals surface area contributed by atoms with Crippen LogP contribution < -0.4 is 9.47 Å². The largest absolute Gasteiger partial charge is 0.469 e. The minimum Gasteiger partial charge on any atom is -0.469 e. The molecule has 0 saturated heterocycles. The number of benzene rings is 2. The standard InChI is InChI=1S/C21H20O6/c1-24-21(23)19-18(13-7-8-16-17(11-13)27-12-26-16)14-5-2-3-6-15(14)20(19)25-10-4-9-22/h2-3,5-9,11,18-20H,4,10,12H2,1H3/t18-,19-,20-/m0/s1. The van der Waals surface area contributed by atoms with Crippen LogP contribution in [0.1, 0.15) is 35.1 Å². The molecule has 1 aliphatic heterocycles. The highest BCUT2D eigenvalue weighted by Crippen LogP contribution is 2.51. The Bertz CT molecular complexity index is 862. The van der Waals surface area contributed by atoms with E-state index in [1.807, 2.05) is 42.5 Å². The first-order chi connectivity index (χ1) is 13.2. The summed E-state index contributed by atoms with van der Waals surface area (Å²) < 4.78 is 22.0. The average Bonchev–Trinajstić information content (AvgIpc) is 3.29. The van der Waals surface area contributed by atoms with Gasteiger partial charge in [0.1, 0.15) is 6.29 Å². The molecular formula is C21H20O6. The van der Waals surface area contributed by atoms with Gasteiger partial charge < -0.3 is 23.7 Å². The minimum absolute atomic E-state index is 0.192. The summed E-state index contributed by atoms with van der Waals surface area (Å²) in [4.78, 5) is 23.4. The number of methoxy groups -OCH3 is 1. The molecule has 0 N–H and O–H groups in total. The van der Waals surface area contributed by atoms with Crippen molar-refractivity contribution >= 4 is 12.3 Å². The molecule has 0 fully saturated rings. The number of carbonyl (C=O) groups is 2. The van der Waals surface area contributed by atoms with E-state index < -0.39 is 12.0 Å². The van der Waals surface area contributed by atoms with Crippen LogP contribution in [0.2, 0.25) is 0 Å². The zero-order valence-corrected chi connectivity index (χ0v) is 14.9. The van der Waals surface area contributed by atoms with Gasteiger partial charge >= 0.3 is 5.97 Å². The van der Waals surface area contributed by atoms with Crippen molar-refractivity contribution in [1.82, 2.24) is 0 Å². The molecule has 1 aliphatic carbocycles. The molecule has 2 aromatic carbocycles. The molecule has 27 heavy (non-hydrogen) atoms. The van der Waals surface area contributed by atoms with Crippen molar-refractivity contribution in [2.45, 2.75) is 18.4 Å². The molecule has 1 heterocycles. The van der Waals surface area contributed by atoms with E-state index in [9.17, 15) is 9.59 Å². The van der Waals surface area contributed by atoms with E-state index in [1.165, 1.54) is 7.11 Å². The number of esters is 1. The first-order valence-electron chi connectivity index (χ1n) is 8.86. The van der Waals surface area contributed by atoms with E-state index in [1.54, 1.807) is 0 Å². The summed E-state index contributed by atoms with van der Waals surface area (Å²) in [6, 6.07) is 13.5. The monoisotopic (exact) mass is 368 g/mol. The highest BCUT2D eigenvalue weighted by molar-refractivity contribution is 5.78. The van der Waals surface area contributed by atoms with Crippen molar-refractivity contribution < 1.29 is 28.5 Å². The normalized spacial score (nSPS) is 22.3. The molecule has 6 nitrogen and oxygen atoms in total. The topological polar surface area (TPSA) is 71.1 Å². The van der Waals surface area contributed by atoms with Crippen LogP contribution in [0.5, 0.6) is 11.5 Å². The predicted octanol–water partition coefficient (Wildman–Crippen LogP) is 3.00. The van der Waals surface area contributed by atoms with Crippen molar-refractivity contribution in [3.8, 4) is 11.5 Å². The number of hydrogen-bond donors (Lipinski definition) is 0. The summed E-state index contributed by atoms with van der Waals surface area (Å²) in [6.07, 6.45) is 0.619. The highest BCUT2D eigenvalue weighted by atomic mass is 16.7. The quantitative estimate of drug-likeness (QED) is 0.443. The first kappa shape index (κ1) is 17.5. The fourth-order valence-electron chi connectivity index (χ4n) is 3.94. The van der Waals surface area contributed by atoms with Crippen LogP contribution in [-0.4, -0.2) is 32.8 Å². The summed E-state index contributed by atoms with van der Waals surface area (Å²) >= 11 is 0. The minimum atomic E-state index is -0.542. The van der Waals surface area contributed by atoms with Crippen LogP contribution in [0.3, 0.4) is 0 Å². The summed E-state index contributed by atoms with van der Waals surface area (Å²) in [5, 5.41) is 0. The first-order valence-corrected chi connectivity index (χ1v) is 8.86. The molecule has 4 rings (SSSR count). The van der Waals surface area contributed by atoms with Crippen molar-refractivity contribution in [1.29, 1.82) is 0 Å². The van der Waals surface area contributed by atoms with Gasteiger partial charge in [-0.1, -0.05) is 30.3 Å². The van der Waals surface area contributed by atoms with Gasteiger partial charge in [-0.05, 0) is 28.8 Å². The number of aldehydes is 1. The maximum atomic E-state index is 12.7. The Balaban J connectivity index is 1.78. The summed E-state index contributed by atoms with van der Waals surface area (Å²) in [6.45, 7) is 0.446. The van der Waals surface area contributed by atoms with Crippen LogP contribution in [0, 0.1) is 5.92 Å². The molecular weight excluding hydrogens is 348 g/mol. The van der Waals surface area contributed by atoms with Gasteiger partial charge in [0.25, 0.3) is 0 Å². The van der Waals surface area contributed by atoms with Crippen molar-refractivity contribution in [2.75, 3.05) is 20.5 Å². The molecule has 0 bridgehead atoms. The van der Waals surface area contributed by atoms with Crippen LogP contribution in [0.15, 0.2) is 42.5 Å². The number of carbonyl (C=O) groups excluding carboxylic acids is 2. The van der Waals surface area contributed by atoms with Crippen molar-refractivity contribution in [3.63, 3.8) is 0 Å². The molecule has 6 heteroatoms. The molecule has 0 aromatic heterocycles. The number of ether oxygens (including phenoxy) is 4. The lowest BCUT2D eigenvalue weighted by atomic mass is 9.85. The lowest BCUT2D eigenvalue weighted by Gasteiger charge is -2.24. The highest BCUT2D eigenvalue weighted by Gasteiger charge is 2.47. The van der Waals surface area contributed by atoms with Crippen LogP contribution >= 0.6 is 0 Å². The van der Waals surface area contributed by atoms with Gasteiger partial charge in [-0.25, -0.2) is 0 Å². The molecule has 2 aliphatic rings. The van der Waals surface area contributed by atoms with E-state index >= 15 is 0 Å². The molecule has 2 aromatic rings. The van der Waals surface area contributed by atoms with Gasteiger partial charge in [-0.15, -0.1) is 0 Å². The summed E-state index contributed by atoms with van der Waals surface area (Å²) in [5.41, 5.74) is 2.90. The molecule has 0 unspecified atom stereocenters. The fourth-order valence-corrected chi connectivity index (χ4v) is 3.94. The van der Waals surface area contributed by atoms with Gasteiger partial charge in [-0.2, -0.15) is 0 Å². The molecule has 140 valence electrons. The third kappa shape index (κ3) is 3.06. The Kier molecular flexibility index (Phi) is 4.81. The Hall–Kier alpha value is -2.86. The molecule has 0 radical (unpaired) electrons. The Morgan fingerprint density at radius 1 is 1.15 bits per heavy atom. The van der Waals surface area contributed by atoms with E-state index in [0.717, 1.165) is 23.0 Å². The Morgan fingerprint density at radius 2 is 1.93 bits per heavy atom. The molecule has 0 spiro atoms. The third-order valence-corrected chi connectivity index (χ3v) is 5.09. The van der Waals surface area contributed by atoms with E-state index in [4.69, 9.17) is 18.9 Å². The average molecular weight is 368 g/mol. The fraction of sp³-hybridized carbons (Fsp3) is 0.333.